The zero-order valence-corrected chi connectivity index (χ0v) is 16.4. The van der Waals surface area contributed by atoms with Crippen LogP contribution in [-0.2, 0) is 17.8 Å². The van der Waals surface area contributed by atoms with Crippen LogP contribution in [0.1, 0.15) is 43.4 Å². The molecular formula is C21H31N5O2. The molecule has 0 aromatic carbocycles. The predicted molar refractivity (Wildman–Crippen MR) is 105 cm³/mol. The lowest BCUT2D eigenvalue weighted by atomic mass is 9.54. The predicted octanol–water partition coefficient (Wildman–Crippen LogP) is 0.942. The molecular weight excluding hydrogens is 354 g/mol. The van der Waals surface area contributed by atoms with E-state index >= 15 is 0 Å². The molecule has 1 aromatic heterocycles. The molecule has 7 heteroatoms. The van der Waals surface area contributed by atoms with Gasteiger partial charge in [-0.25, -0.2) is 9.97 Å². The summed E-state index contributed by atoms with van der Waals surface area (Å²) < 4.78 is 0. The van der Waals surface area contributed by atoms with E-state index in [9.17, 15) is 9.90 Å². The lowest BCUT2D eigenvalue weighted by Gasteiger charge is -2.57. The molecule has 0 saturated heterocycles. The van der Waals surface area contributed by atoms with Gasteiger partial charge in [0.1, 0.15) is 18.3 Å². The molecule has 152 valence electrons. The van der Waals surface area contributed by atoms with Crippen LogP contribution in [0.5, 0.6) is 0 Å². The monoisotopic (exact) mass is 385 g/mol. The van der Waals surface area contributed by atoms with Gasteiger partial charge < -0.3 is 20.5 Å². The van der Waals surface area contributed by atoms with Crippen LogP contribution >= 0.6 is 0 Å². The molecule has 0 radical (unpaired) electrons. The molecule has 28 heavy (non-hydrogen) atoms. The summed E-state index contributed by atoms with van der Waals surface area (Å²) in [6.07, 6.45) is 9.46. The van der Waals surface area contributed by atoms with E-state index in [0.29, 0.717) is 19.1 Å². The SMILES string of the molecule is NC(C=O)N1CCc2c(ncnc2N(CCO)C2C3CC4CC(C3)CC2C4)C1. The molecule has 4 saturated carbocycles. The molecule has 0 spiro atoms. The second-order valence-electron chi connectivity index (χ2n) is 9.31. The number of rotatable bonds is 6. The minimum absolute atomic E-state index is 0.143. The molecule has 2 heterocycles. The number of nitrogens with two attached hydrogens (primary N) is 1. The van der Waals surface area contributed by atoms with Gasteiger partial charge in [0.15, 0.2) is 6.29 Å². The van der Waals surface area contributed by atoms with Crippen molar-refractivity contribution in [2.75, 3.05) is 24.6 Å². The van der Waals surface area contributed by atoms with Crippen molar-refractivity contribution in [3.8, 4) is 0 Å². The first-order valence-electron chi connectivity index (χ1n) is 10.8. The van der Waals surface area contributed by atoms with Crippen molar-refractivity contribution in [2.24, 2.45) is 29.4 Å². The van der Waals surface area contributed by atoms with E-state index in [1.807, 2.05) is 4.90 Å². The number of fused-ring (bicyclic) bond motifs is 1. The van der Waals surface area contributed by atoms with Gasteiger partial charge in [0, 0.05) is 31.2 Å². The summed E-state index contributed by atoms with van der Waals surface area (Å²) in [5, 5.41) is 9.85. The van der Waals surface area contributed by atoms with Crippen molar-refractivity contribution in [1.29, 1.82) is 0 Å². The fraction of sp³-hybridized carbons (Fsp3) is 0.762. The summed E-state index contributed by atoms with van der Waals surface area (Å²) in [6, 6.07) is 0.495. The maximum atomic E-state index is 11.1. The number of aliphatic hydroxyl groups excluding tert-OH is 1. The van der Waals surface area contributed by atoms with E-state index in [1.165, 1.54) is 37.7 Å². The summed E-state index contributed by atoms with van der Waals surface area (Å²) in [5.41, 5.74) is 8.07. The molecule has 1 aromatic rings. The van der Waals surface area contributed by atoms with Crippen LogP contribution < -0.4 is 10.6 Å². The standard InChI is InChI=1S/C21H31N5O2/c22-19(11-28)25-2-1-17-18(10-25)23-12-24-21(17)26(3-4-27)20-15-6-13-5-14(8-15)9-16(20)7-13/h11-16,19-20,27H,1-10,22H2. The Morgan fingerprint density at radius 3 is 2.57 bits per heavy atom. The van der Waals surface area contributed by atoms with Crippen LogP contribution in [0, 0.1) is 23.7 Å². The summed E-state index contributed by atoms with van der Waals surface area (Å²) >= 11 is 0. The number of aromatic nitrogens is 2. The van der Waals surface area contributed by atoms with E-state index in [1.54, 1.807) is 6.33 Å². The highest BCUT2D eigenvalue weighted by atomic mass is 16.3. The third-order valence-corrected chi connectivity index (χ3v) is 7.72. The second-order valence-corrected chi connectivity index (χ2v) is 9.31. The molecule has 7 nitrogen and oxygen atoms in total. The van der Waals surface area contributed by atoms with Crippen molar-refractivity contribution in [1.82, 2.24) is 14.9 Å². The van der Waals surface area contributed by atoms with Gasteiger partial charge in [-0.3, -0.25) is 4.90 Å². The van der Waals surface area contributed by atoms with Crippen LogP contribution in [0.3, 0.4) is 0 Å². The lowest BCUT2D eigenvalue weighted by molar-refractivity contribution is -0.112. The summed E-state index contributed by atoms with van der Waals surface area (Å²) in [7, 11) is 0. The van der Waals surface area contributed by atoms with Gasteiger partial charge in [-0.15, -0.1) is 0 Å². The van der Waals surface area contributed by atoms with Crippen LogP contribution in [0.2, 0.25) is 0 Å². The molecule has 6 rings (SSSR count). The number of hydrogen-bond donors (Lipinski definition) is 2. The summed E-state index contributed by atoms with van der Waals surface area (Å²) in [4.78, 5) is 24.7. The number of anilines is 1. The minimum atomic E-state index is -0.579. The third-order valence-electron chi connectivity index (χ3n) is 7.72. The van der Waals surface area contributed by atoms with Crippen molar-refractivity contribution < 1.29 is 9.90 Å². The van der Waals surface area contributed by atoms with Crippen LogP contribution in [-0.4, -0.2) is 58.2 Å². The number of nitrogens with zero attached hydrogens (tertiary/aromatic N) is 4. The van der Waals surface area contributed by atoms with Gasteiger partial charge in [-0.1, -0.05) is 0 Å². The van der Waals surface area contributed by atoms with E-state index < -0.39 is 6.17 Å². The smallest absolute Gasteiger partial charge is 0.151 e. The Kier molecular flexibility index (Phi) is 4.85. The Morgan fingerprint density at radius 1 is 1.21 bits per heavy atom. The molecule has 5 aliphatic rings. The topological polar surface area (TPSA) is 95.6 Å². The highest BCUT2D eigenvalue weighted by molar-refractivity contribution is 5.57. The Bertz CT molecular complexity index is 714. The molecule has 0 amide bonds. The Balaban J connectivity index is 1.46. The van der Waals surface area contributed by atoms with Gasteiger partial charge >= 0.3 is 0 Å². The maximum absolute atomic E-state index is 11.1. The number of carbonyl (C=O) groups is 1. The molecule has 3 N–H and O–H groups in total. The second kappa shape index (κ2) is 7.35. The molecule has 1 unspecified atom stereocenters. The van der Waals surface area contributed by atoms with Crippen molar-refractivity contribution in [3.63, 3.8) is 0 Å². The summed E-state index contributed by atoms with van der Waals surface area (Å²) in [5.74, 6) is 4.32. The van der Waals surface area contributed by atoms with E-state index in [-0.39, 0.29) is 6.61 Å². The highest BCUT2D eigenvalue weighted by Crippen LogP contribution is 2.55. The highest BCUT2D eigenvalue weighted by Gasteiger charge is 2.50. The van der Waals surface area contributed by atoms with Gasteiger partial charge in [-0.05, 0) is 62.2 Å². The lowest BCUT2D eigenvalue weighted by Crippen LogP contribution is -2.57. The van der Waals surface area contributed by atoms with Crippen molar-refractivity contribution in [3.05, 3.63) is 17.6 Å². The quantitative estimate of drug-likeness (QED) is 0.704. The minimum Gasteiger partial charge on any atom is -0.395 e. The first kappa shape index (κ1) is 18.5. The fourth-order valence-electron chi connectivity index (χ4n) is 6.85. The zero-order chi connectivity index (χ0) is 19.3. The van der Waals surface area contributed by atoms with E-state index in [4.69, 9.17) is 10.7 Å². The van der Waals surface area contributed by atoms with Crippen molar-refractivity contribution >= 4 is 12.1 Å². The third kappa shape index (κ3) is 3.04. The normalized spacial score (nSPS) is 34.9. The van der Waals surface area contributed by atoms with Gasteiger partial charge in [0.2, 0.25) is 0 Å². The Morgan fingerprint density at radius 2 is 1.93 bits per heavy atom. The van der Waals surface area contributed by atoms with Gasteiger partial charge in [0.25, 0.3) is 0 Å². The fourth-order valence-corrected chi connectivity index (χ4v) is 6.85. The number of aldehydes is 1. The van der Waals surface area contributed by atoms with Crippen LogP contribution in [0.4, 0.5) is 5.82 Å². The van der Waals surface area contributed by atoms with E-state index in [0.717, 1.165) is 54.4 Å². The average Bonchev–Trinajstić information content (AvgIpc) is 2.71. The zero-order valence-electron chi connectivity index (χ0n) is 16.4. The first-order chi connectivity index (χ1) is 13.7. The molecule has 4 fully saturated rings. The van der Waals surface area contributed by atoms with Gasteiger partial charge in [-0.2, -0.15) is 0 Å². The van der Waals surface area contributed by atoms with Crippen molar-refractivity contribution in [2.45, 2.75) is 57.3 Å². The van der Waals surface area contributed by atoms with Gasteiger partial charge in [0.05, 0.1) is 12.3 Å². The van der Waals surface area contributed by atoms with E-state index in [2.05, 4.69) is 9.88 Å². The number of carbonyl (C=O) groups excluding carboxylic acids is 1. The molecule has 4 bridgehead atoms. The summed E-state index contributed by atoms with van der Waals surface area (Å²) in [6.45, 7) is 2.10. The largest absolute Gasteiger partial charge is 0.395 e. The number of hydrogen-bond acceptors (Lipinski definition) is 7. The first-order valence-corrected chi connectivity index (χ1v) is 10.8. The Labute approximate surface area is 166 Å². The average molecular weight is 386 g/mol. The Hall–Kier alpha value is -1.57. The van der Waals surface area contributed by atoms with Crippen LogP contribution in [0.15, 0.2) is 6.33 Å². The molecule has 1 atom stereocenters. The van der Waals surface area contributed by atoms with Crippen LogP contribution in [0.25, 0.3) is 0 Å². The molecule has 4 aliphatic carbocycles. The maximum Gasteiger partial charge on any atom is 0.151 e. The molecule has 1 aliphatic heterocycles. The number of aliphatic hydroxyl groups is 1.